The van der Waals surface area contributed by atoms with E-state index in [1.54, 1.807) is 6.08 Å². The topological polar surface area (TPSA) is 58.9 Å². The molecule has 3 N–H and O–H groups in total. The number of hydrogen-bond donors (Lipinski definition) is 2. The molecule has 0 aliphatic heterocycles. The lowest BCUT2D eigenvalue weighted by Gasteiger charge is -1.89. The van der Waals surface area contributed by atoms with E-state index in [0.29, 0.717) is 0 Å². The number of para-hydroxylation sites is 1. The highest BCUT2D eigenvalue weighted by Crippen LogP contribution is 2.18. The summed E-state index contributed by atoms with van der Waals surface area (Å²) in [4.78, 5) is 13.7. The molecule has 2 aromatic rings. The molecule has 0 spiro atoms. The molecule has 0 radical (unpaired) electrons. The van der Waals surface area contributed by atoms with E-state index in [-0.39, 0.29) is 0 Å². The van der Waals surface area contributed by atoms with Crippen molar-refractivity contribution in [3.63, 3.8) is 0 Å². The molecule has 14 heavy (non-hydrogen) atoms. The predicted octanol–water partition coefficient (Wildman–Crippen LogP) is 1.67. The van der Waals surface area contributed by atoms with Gasteiger partial charge in [-0.3, -0.25) is 4.79 Å². The lowest BCUT2D eigenvalue weighted by Crippen LogP contribution is -2.04. The predicted molar refractivity (Wildman–Crippen MR) is 56.5 cm³/mol. The lowest BCUT2D eigenvalue weighted by atomic mass is 10.1. The van der Waals surface area contributed by atoms with Crippen molar-refractivity contribution in [1.29, 1.82) is 0 Å². The first-order chi connectivity index (χ1) is 6.77. The highest BCUT2D eigenvalue weighted by Gasteiger charge is 1.98. The summed E-state index contributed by atoms with van der Waals surface area (Å²) >= 11 is 0. The quantitative estimate of drug-likeness (QED) is 0.688. The fourth-order valence-corrected chi connectivity index (χ4v) is 1.40. The van der Waals surface area contributed by atoms with Crippen molar-refractivity contribution in [1.82, 2.24) is 4.98 Å². The van der Waals surface area contributed by atoms with Gasteiger partial charge in [-0.15, -0.1) is 0 Å². The molecule has 0 saturated heterocycles. The highest BCUT2D eigenvalue weighted by atomic mass is 16.1. The van der Waals surface area contributed by atoms with Crippen molar-refractivity contribution < 1.29 is 4.79 Å². The van der Waals surface area contributed by atoms with Crippen molar-refractivity contribution in [2.75, 3.05) is 0 Å². The van der Waals surface area contributed by atoms with Gasteiger partial charge in [-0.25, -0.2) is 0 Å². The van der Waals surface area contributed by atoms with Crippen LogP contribution in [0.15, 0.2) is 36.5 Å². The summed E-state index contributed by atoms with van der Waals surface area (Å²) in [6, 6.07) is 7.89. The number of benzene rings is 1. The van der Waals surface area contributed by atoms with Crippen LogP contribution in [0.4, 0.5) is 0 Å². The van der Waals surface area contributed by atoms with Crippen LogP contribution < -0.4 is 5.73 Å². The Labute approximate surface area is 81.2 Å². The summed E-state index contributed by atoms with van der Waals surface area (Å²) in [7, 11) is 0. The number of H-pyrrole nitrogens is 1. The molecule has 1 amide bonds. The van der Waals surface area contributed by atoms with Gasteiger partial charge in [0.2, 0.25) is 5.91 Å². The Kier molecular flexibility index (Phi) is 2.07. The Morgan fingerprint density at radius 3 is 2.93 bits per heavy atom. The maximum Gasteiger partial charge on any atom is 0.241 e. The van der Waals surface area contributed by atoms with Crippen LogP contribution in [0.1, 0.15) is 5.56 Å². The van der Waals surface area contributed by atoms with Crippen LogP contribution >= 0.6 is 0 Å². The normalized spacial score (nSPS) is 11.1. The molecule has 1 heterocycles. The Morgan fingerprint density at radius 1 is 1.36 bits per heavy atom. The van der Waals surface area contributed by atoms with Gasteiger partial charge >= 0.3 is 0 Å². The van der Waals surface area contributed by atoms with Gasteiger partial charge in [0, 0.05) is 23.2 Å². The fourth-order valence-electron chi connectivity index (χ4n) is 1.40. The number of primary amides is 1. The Hall–Kier alpha value is -2.03. The van der Waals surface area contributed by atoms with E-state index in [2.05, 4.69) is 4.98 Å². The molecule has 70 valence electrons. The summed E-state index contributed by atoms with van der Waals surface area (Å²) in [5.41, 5.74) is 7.04. The van der Waals surface area contributed by atoms with Gasteiger partial charge in [-0.05, 0) is 17.7 Å². The largest absolute Gasteiger partial charge is 0.366 e. The minimum atomic E-state index is -0.435. The standard InChI is InChI=1S/C11H10N2O/c12-11(14)6-5-8-7-13-10-4-2-1-3-9(8)10/h1-7,13H,(H2,12,14)/b6-5+. The fraction of sp³-hybridized carbons (Fsp3) is 0. The first-order valence-electron chi connectivity index (χ1n) is 4.31. The van der Waals surface area contributed by atoms with E-state index < -0.39 is 5.91 Å². The van der Waals surface area contributed by atoms with Crippen LogP contribution in [0.2, 0.25) is 0 Å². The molecule has 2 rings (SSSR count). The number of rotatable bonds is 2. The summed E-state index contributed by atoms with van der Waals surface area (Å²) in [6.07, 6.45) is 4.92. The lowest BCUT2D eigenvalue weighted by molar-refractivity contribution is -0.113. The van der Waals surface area contributed by atoms with E-state index in [4.69, 9.17) is 5.73 Å². The molecule has 0 fully saturated rings. The number of carbonyl (C=O) groups excluding carboxylic acids is 1. The number of aromatic amines is 1. The van der Waals surface area contributed by atoms with Gasteiger partial charge in [-0.2, -0.15) is 0 Å². The molecule has 0 atom stereocenters. The van der Waals surface area contributed by atoms with Crippen molar-refractivity contribution >= 4 is 22.9 Å². The third kappa shape index (κ3) is 1.52. The number of nitrogens with one attached hydrogen (secondary N) is 1. The first-order valence-corrected chi connectivity index (χ1v) is 4.31. The zero-order valence-corrected chi connectivity index (χ0v) is 7.53. The summed E-state index contributed by atoms with van der Waals surface area (Å²) in [6.45, 7) is 0. The van der Waals surface area contributed by atoms with Crippen molar-refractivity contribution in [3.8, 4) is 0 Å². The number of hydrogen-bond acceptors (Lipinski definition) is 1. The smallest absolute Gasteiger partial charge is 0.241 e. The molecule has 1 aromatic carbocycles. The maximum atomic E-state index is 10.6. The average molecular weight is 186 g/mol. The van der Waals surface area contributed by atoms with Gasteiger partial charge in [0.1, 0.15) is 0 Å². The maximum absolute atomic E-state index is 10.6. The van der Waals surface area contributed by atoms with E-state index in [9.17, 15) is 4.79 Å². The number of fused-ring (bicyclic) bond motifs is 1. The second-order valence-corrected chi connectivity index (χ2v) is 3.03. The van der Waals surface area contributed by atoms with E-state index in [1.165, 1.54) is 6.08 Å². The number of nitrogens with two attached hydrogens (primary N) is 1. The Balaban J connectivity index is 2.48. The number of carbonyl (C=O) groups is 1. The van der Waals surface area contributed by atoms with Crippen LogP contribution in [0, 0.1) is 0 Å². The molecule has 0 bridgehead atoms. The number of amides is 1. The van der Waals surface area contributed by atoms with E-state index >= 15 is 0 Å². The molecule has 0 saturated carbocycles. The van der Waals surface area contributed by atoms with Crippen molar-refractivity contribution in [3.05, 3.63) is 42.1 Å². The summed E-state index contributed by atoms with van der Waals surface area (Å²) < 4.78 is 0. The van der Waals surface area contributed by atoms with Crippen molar-refractivity contribution in [2.45, 2.75) is 0 Å². The minimum Gasteiger partial charge on any atom is -0.366 e. The van der Waals surface area contributed by atoms with E-state index in [1.807, 2.05) is 30.5 Å². The first kappa shape index (κ1) is 8.56. The third-order valence-corrected chi connectivity index (χ3v) is 2.05. The van der Waals surface area contributed by atoms with Gasteiger partial charge < -0.3 is 10.7 Å². The molecule has 1 aromatic heterocycles. The SMILES string of the molecule is NC(=O)/C=C/c1c[nH]c2ccccc12. The van der Waals surface area contributed by atoms with Gasteiger partial charge in [0.05, 0.1) is 0 Å². The Bertz CT molecular complexity index is 497. The summed E-state index contributed by atoms with van der Waals surface area (Å²) in [5.74, 6) is -0.435. The van der Waals surface area contributed by atoms with Gasteiger partial charge in [-0.1, -0.05) is 18.2 Å². The second kappa shape index (κ2) is 3.38. The van der Waals surface area contributed by atoms with Crippen molar-refractivity contribution in [2.24, 2.45) is 5.73 Å². The van der Waals surface area contributed by atoms with E-state index in [0.717, 1.165) is 16.5 Å². The van der Waals surface area contributed by atoms with Crippen LogP contribution in [-0.4, -0.2) is 10.9 Å². The second-order valence-electron chi connectivity index (χ2n) is 3.03. The molecular formula is C11H10N2O. The molecule has 0 aliphatic rings. The zero-order chi connectivity index (χ0) is 9.97. The van der Waals surface area contributed by atoms with Gasteiger partial charge in [0.15, 0.2) is 0 Å². The summed E-state index contributed by atoms with van der Waals surface area (Å²) in [5, 5.41) is 1.09. The minimum absolute atomic E-state index is 0.435. The zero-order valence-electron chi connectivity index (χ0n) is 7.53. The van der Waals surface area contributed by atoms with Crippen LogP contribution in [-0.2, 0) is 4.79 Å². The highest BCUT2D eigenvalue weighted by molar-refractivity contribution is 5.95. The molecule has 3 heteroatoms. The third-order valence-electron chi connectivity index (χ3n) is 2.05. The molecule has 3 nitrogen and oxygen atoms in total. The average Bonchev–Trinajstić information content (AvgIpc) is 2.58. The van der Waals surface area contributed by atoms with Crippen LogP contribution in [0.5, 0.6) is 0 Å². The number of aromatic nitrogens is 1. The van der Waals surface area contributed by atoms with Gasteiger partial charge in [0.25, 0.3) is 0 Å². The van der Waals surface area contributed by atoms with Crippen LogP contribution in [0.3, 0.4) is 0 Å². The Morgan fingerprint density at radius 2 is 2.14 bits per heavy atom. The molecular weight excluding hydrogens is 176 g/mol. The monoisotopic (exact) mass is 186 g/mol. The molecule has 0 unspecified atom stereocenters. The van der Waals surface area contributed by atoms with Crippen LogP contribution in [0.25, 0.3) is 17.0 Å². The molecule has 0 aliphatic carbocycles.